The predicted molar refractivity (Wildman–Crippen MR) is 173 cm³/mol. The van der Waals surface area contributed by atoms with Crippen LogP contribution in [0, 0.1) is 23.7 Å². The van der Waals surface area contributed by atoms with Gasteiger partial charge in [-0.1, -0.05) is 108 Å². The third-order valence-corrected chi connectivity index (χ3v) is 7.03. The van der Waals surface area contributed by atoms with Crippen LogP contribution in [-0.4, -0.2) is 11.9 Å². The molecule has 2 rings (SSSR count). The Morgan fingerprint density at radius 1 is 0.650 bits per heavy atom. The van der Waals surface area contributed by atoms with Crippen LogP contribution in [0.1, 0.15) is 122 Å². The summed E-state index contributed by atoms with van der Waals surface area (Å²) >= 11 is 0. The molecule has 0 aliphatic carbocycles. The Balaban J connectivity index is 0.00000800. The van der Waals surface area contributed by atoms with Crippen LogP contribution < -0.4 is 0 Å². The Kier molecular flexibility index (Phi) is 21.4. The zero-order valence-corrected chi connectivity index (χ0v) is 26.2. The summed E-state index contributed by atoms with van der Waals surface area (Å²) in [5.74, 6) is 12.4. The number of aryl methyl sites for hydroxylation is 2. The molecule has 0 aromatic heterocycles. The minimum Gasteiger partial charge on any atom is -0.255 e. The number of benzene rings is 2. The maximum absolute atomic E-state index is 5.14. The number of para-hydroxylation sites is 2. The number of hydrogen-bond donors (Lipinski definition) is 0. The van der Waals surface area contributed by atoms with Gasteiger partial charge in [0, 0.05) is 35.5 Å². The molecule has 0 bridgehead atoms. The maximum atomic E-state index is 5.14. The van der Waals surface area contributed by atoms with Gasteiger partial charge in [0.15, 0.2) is 0 Å². The van der Waals surface area contributed by atoms with Gasteiger partial charge in [-0.2, -0.15) is 0 Å². The van der Waals surface area contributed by atoms with Crippen molar-refractivity contribution >= 4 is 23.3 Å². The zero-order chi connectivity index (χ0) is 27.8. The quantitative estimate of drug-likeness (QED) is 0.0683. The molecule has 0 spiro atoms. The van der Waals surface area contributed by atoms with Crippen molar-refractivity contribution in [1.29, 1.82) is 0 Å². The fourth-order valence-electron chi connectivity index (χ4n) is 4.74. The van der Waals surface area contributed by atoms with Crippen molar-refractivity contribution in [2.45, 2.75) is 124 Å². The number of unbranched alkanes of at least 4 members (excludes halogenated alkanes) is 10. The van der Waals surface area contributed by atoms with Gasteiger partial charge in [-0.25, -0.2) is 0 Å². The summed E-state index contributed by atoms with van der Waals surface area (Å²) in [7, 11) is 0. The van der Waals surface area contributed by atoms with E-state index in [1.807, 2.05) is 20.1 Å². The van der Waals surface area contributed by atoms with Crippen LogP contribution in [0.5, 0.6) is 0 Å². The van der Waals surface area contributed by atoms with Crippen LogP contribution in [0.25, 0.3) is 0 Å². The second-order valence-electron chi connectivity index (χ2n) is 10.3. The molecule has 0 aliphatic rings. The summed E-state index contributed by atoms with van der Waals surface area (Å²) in [6.07, 6.45) is 21.3. The maximum Gasteiger partial charge on any atom is 0.0665 e. The van der Waals surface area contributed by atoms with E-state index in [9.17, 15) is 0 Å². The smallest absolute Gasteiger partial charge is 0.0665 e. The van der Waals surface area contributed by atoms with E-state index in [0.29, 0.717) is 0 Å². The summed E-state index contributed by atoms with van der Waals surface area (Å²) in [6.45, 7) is 6.08. The summed E-state index contributed by atoms with van der Waals surface area (Å²) in [5, 5.41) is 0. The van der Waals surface area contributed by atoms with Gasteiger partial charge in [-0.3, -0.25) is 9.98 Å². The standard InChI is InChI=1S/C37H50N2.Ni/c1-4-7-10-11-12-13-14-15-16-17-20-29-35(39-37-31-24-22-28-34(37)26-19-9-6-3)32-38-36-30-23-21-27-33(36)25-18-8-5-2;/h21-24,27-28,30-32H,4,7,10-20,25-26,29H2,1-3H3;/b38-32+,39-35+;. The largest absolute Gasteiger partial charge is 0.255 e. The van der Waals surface area contributed by atoms with Gasteiger partial charge in [-0.15, -0.1) is 23.7 Å². The average molecular weight is 582 g/mol. The van der Waals surface area contributed by atoms with Crippen molar-refractivity contribution in [3.8, 4) is 23.7 Å². The average Bonchev–Trinajstić information content (AvgIpc) is 2.96. The molecule has 3 heteroatoms. The number of hydrogen-bond acceptors (Lipinski definition) is 2. The van der Waals surface area contributed by atoms with Crippen LogP contribution in [-0.2, 0) is 29.3 Å². The molecular weight excluding hydrogens is 531 g/mol. The van der Waals surface area contributed by atoms with E-state index in [-0.39, 0.29) is 16.5 Å². The summed E-state index contributed by atoms with van der Waals surface area (Å²) in [6, 6.07) is 16.9. The van der Waals surface area contributed by atoms with Crippen LogP contribution in [0.15, 0.2) is 58.5 Å². The molecule has 0 heterocycles. The zero-order valence-electron chi connectivity index (χ0n) is 25.2. The van der Waals surface area contributed by atoms with E-state index < -0.39 is 0 Å². The van der Waals surface area contributed by atoms with Gasteiger partial charge in [0.05, 0.1) is 17.1 Å². The SMILES string of the molecule is CC#CCCc1ccccc1/N=C/C(CCCCCCCCCCCCC)=N/c1ccccc1CCC#CC.[Ni]. The summed E-state index contributed by atoms with van der Waals surface area (Å²) in [5.41, 5.74) is 5.62. The predicted octanol–water partition coefficient (Wildman–Crippen LogP) is 10.8. The van der Waals surface area contributed by atoms with E-state index in [2.05, 4.69) is 79.1 Å². The molecule has 0 fully saturated rings. The number of aliphatic imine (C=N–C) groups is 2. The number of rotatable bonds is 19. The molecule has 0 aliphatic heterocycles. The molecule has 40 heavy (non-hydrogen) atoms. The van der Waals surface area contributed by atoms with Crippen molar-refractivity contribution in [2.75, 3.05) is 0 Å². The van der Waals surface area contributed by atoms with Gasteiger partial charge in [0.1, 0.15) is 0 Å². The molecule has 2 aromatic rings. The van der Waals surface area contributed by atoms with Crippen LogP contribution in [0.4, 0.5) is 11.4 Å². The fraction of sp³-hybridized carbons (Fsp3) is 0.514. The first-order chi connectivity index (χ1) is 19.3. The summed E-state index contributed by atoms with van der Waals surface area (Å²) in [4.78, 5) is 10.1. The van der Waals surface area contributed by atoms with Gasteiger partial charge in [0.25, 0.3) is 0 Å². The first kappa shape index (κ1) is 35.4. The van der Waals surface area contributed by atoms with E-state index in [4.69, 9.17) is 9.98 Å². The molecule has 0 saturated carbocycles. The fourth-order valence-corrected chi connectivity index (χ4v) is 4.74. The normalized spacial score (nSPS) is 10.9. The molecule has 2 nitrogen and oxygen atoms in total. The van der Waals surface area contributed by atoms with E-state index in [0.717, 1.165) is 55.6 Å². The van der Waals surface area contributed by atoms with Crippen molar-refractivity contribution < 1.29 is 16.5 Å². The molecule has 2 aromatic carbocycles. The Morgan fingerprint density at radius 2 is 1.12 bits per heavy atom. The Labute approximate surface area is 255 Å². The van der Waals surface area contributed by atoms with Gasteiger partial charge >= 0.3 is 0 Å². The molecule has 0 saturated heterocycles. The van der Waals surface area contributed by atoms with E-state index >= 15 is 0 Å². The third kappa shape index (κ3) is 15.9. The first-order valence-corrected chi connectivity index (χ1v) is 15.3. The van der Waals surface area contributed by atoms with Crippen molar-refractivity contribution in [3.05, 3.63) is 59.7 Å². The second-order valence-corrected chi connectivity index (χ2v) is 10.3. The Bertz CT molecular complexity index is 1120. The molecule has 0 amide bonds. The van der Waals surface area contributed by atoms with Crippen molar-refractivity contribution in [2.24, 2.45) is 9.98 Å². The molecule has 218 valence electrons. The van der Waals surface area contributed by atoms with Gasteiger partial charge < -0.3 is 0 Å². The first-order valence-electron chi connectivity index (χ1n) is 15.3. The van der Waals surface area contributed by atoms with E-state index in [1.165, 1.54) is 75.3 Å². The minimum atomic E-state index is 0. The molecule has 0 N–H and O–H groups in total. The molecule has 0 radical (unpaired) electrons. The number of nitrogens with zero attached hydrogens (tertiary/aromatic N) is 2. The topological polar surface area (TPSA) is 24.7 Å². The third-order valence-electron chi connectivity index (χ3n) is 7.03. The monoisotopic (exact) mass is 580 g/mol. The van der Waals surface area contributed by atoms with Gasteiger partial charge in [0.2, 0.25) is 0 Å². The Morgan fingerprint density at radius 3 is 1.68 bits per heavy atom. The molecule has 0 unspecified atom stereocenters. The molecular formula is C37H50N2Ni. The van der Waals surface area contributed by atoms with E-state index in [1.54, 1.807) is 0 Å². The second kappa shape index (κ2) is 24.2. The Hall–Kier alpha value is -2.61. The van der Waals surface area contributed by atoms with Crippen molar-refractivity contribution in [3.63, 3.8) is 0 Å². The summed E-state index contributed by atoms with van der Waals surface area (Å²) < 4.78 is 0. The molecule has 0 atom stereocenters. The van der Waals surface area contributed by atoms with Crippen LogP contribution >= 0.6 is 0 Å². The van der Waals surface area contributed by atoms with Crippen LogP contribution in [0.2, 0.25) is 0 Å². The van der Waals surface area contributed by atoms with Crippen molar-refractivity contribution in [1.82, 2.24) is 0 Å². The van der Waals surface area contributed by atoms with Gasteiger partial charge in [-0.05, 0) is 62.8 Å². The van der Waals surface area contributed by atoms with Crippen LogP contribution in [0.3, 0.4) is 0 Å². The minimum absolute atomic E-state index is 0.